The largest absolute Gasteiger partial charge is 0.462 e. The molecular weight excluding hydrogens is 361 g/mol. The van der Waals surface area contributed by atoms with E-state index in [0.717, 1.165) is 5.56 Å². The van der Waals surface area contributed by atoms with E-state index in [1.165, 1.54) is 24.3 Å². The van der Waals surface area contributed by atoms with Crippen LogP contribution in [0.2, 0.25) is 0 Å². The molecule has 0 atom stereocenters. The molecule has 28 heavy (non-hydrogen) atoms. The van der Waals surface area contributed by atoms with Crippen LogP contribution in [0.4, 0.5) is 10.1 Å². The lowest BCUT2D eigenvalue weighted by atomic mass is 10.2. The van der Waals surface area contributed by atoms with Crippen molar-refractivity contribution in [2.24, 2.45) is 0 Å². The Morgan fingerprint density at radius 2 is 1.75 bits per heavy atom. The number of carbonyl (C=O) groups is 2. The summed E-state index contributed by atoms with van der Waals surface area (Å²) in [6.07, 6.45) is 2.88. The summed E-state index contributed by atoms with van der Waals surface area (Å²) in [5, 5.41) is 2.69. The molecule has 0 radical (unpaired) electrons. The van der Waals surface area contributed by atoms with Crippen LogP contribution < -0.4 is 5.32 Å². The first-order valence-corrected chi connectivity index (χ1v) is 8.67. The van der Waals surface area contributed by atoms with E-state index in [9.17, 15) is 14.0 Å². The van der Waals surface area contributed by atoms with Crippen LogP contribution in [0.15, 0.2) is 71.2 Å². The first-order valence-electron chi connectivity index (χ1n) is 8.67. The van der Waals surface area contributed by atoms with Crippen molar-refractivity contribution < 1.29 is 23.1 Å². The number of furan rings is 1. The van der Waals surface area contributed by atoms with Crippen molar-refractivity contribution in [1.82, 2.24) is 0 Å². The molecule has 0 saturated carbocycles. The number of carbonyl (C=O) groups excluding carboxylic acids is 2. The van der Waals surface area contributed by atoms with Gasteiger partial charge in [-0.2, -0.15) is 0 Å². The summed E-state index contributed by atoms with van der Waals surface area (Å²) >= 11 is 0. The summed E-state index contributed by atoms with van der Waals surface area (Å²) in [4.78, 5) is 23.7. The summed E-state index contributed by atoms with van der Waals surface area (Å²) in [6, 6.07) is 15.8. The van der Waals surface area contributed by atoms with Crippen LogP contribution in [-0.2, 0) is 9.53 Å². The van der Waals surface area contributed by atoms with Crippen molar-refractivity contribution in [2.75, 3.05) is 11.9 Å². The fraction of sp³-hybridized carbons (Fsp3) is 0.0909. The van der Waals surface area contributed by atoms with Crippen molar-refractivity contribution in [3.8, 4) is 11.3 Å². The molecule has 1 amide bonds. The molecule has 5 nitrogen and oxygen atoms in total. The van der Waals surface area contributed by atoms with Gasteiger partial charge < -0.3 is 14.5 Å². The van der Waals surface area contributed by atoms with Crippen molar-refractivity contribution in [3.05, 3.63) is 83.9 Å². The molecule has 0 fully saturated rings. The number of nitrogens with one attached hydrogen (secondary N) is 1. The second-order valence-corrected chi connectivity index (χ2v) is 5.83. The quantitative estimate of drug-likeness (QED) is 0.488. The lowest BCUT2D eigenvalue weighted by Crippen LogP contribution is -2.08. The maximum absolute atomic E-state index is 13.0. The van der Waals surface area contributed by atoms with Gasteiger partial charge in [0.25, 0.3) is 0 Å². The van der Waals surface area contributed by atoms with Crippen LogP contribution in [0.3, 0.4) is 0 Å². The lowest BCUT2D eigenvalue weighted by molar-refractivity contribution is -0.111. The second kappa shape index (κ2) is 8.81. The summed E-state index contributed by atoms with van der Waals surface area (Å²) in [5.41, 5.74) is 1.71. The standard InChI is InChI=1S/C22H18FNO4/c1-2-27-22(26)16-5-9-18(10-6-16)24-21(25)14-12-19-11-13-20(28-19)15-3-7-17(23)8-4-15/h3-14H,2H2,1H3,(H,24,25). The van der Waals surface area contributed by atoms with E-state index in [-0.39, 0.29) is 11.7 Å². The Morgan fingerprint density at radius 1 is 1.04 bits per heavy atom. The number of anilines is 1. The van der Waals surface area contributed by atoms with Gasteiger partial charge in [0, 0.05) is 17.3 Å². The van der Waals surface area contributed by atoms with Gasteiger partial charge in [0.2, 0.25) is 5.91 Å². The maximum Gasteiger partial charge on any atom is 0.338 e. The number of amides is 1. The predicted molar refractivity (Wildman–Crippen MR) is 104 cm³/mol. The fourth-order valence-corrected chi connectivity index (χ4v) is 2.46. The molecule has 0 aliphatic heterocycles. The van der Waals surface area contributed by atoms with Gasteiger partial charge in [0.1, 0.15) is 17.3 Å². The molecular formula is C22H18FNO4. The number of benzene rings is 2. The minimum absolute atomic E-state index is 0.303. The highest BCUT2D eigenvalue weighted by Crippen LogP contribution is 2.23. The van der Waals surface area contributed by atoms with E-state index < -0.39 is 5.97 Å². The average Bonchev–Trinajstić information content (AvgIpc) is 3.17. The van der Waals surface area contributed by atoms with Crippen LogP contribution in [0, 0.1) is 5.82 Å². The summed E-state index contributed by atoms with van der Waals surface area (Å²) in [7, 11) is 0. The lowest BCUT2D eigenvalue weighted by Gasteiger charge is -2.04. The van der Waals surface area contributed by atoms with Crippen molar-refractivity contribution in [2.45, 2.75) is 6.92 Å². The molecule has 0 bridgehead atoms. The Bertz CT molecular complexity index is 988. The molecule has 0 unspecified atom stereocenters. The first kappa shape index (κ1) is 19.1. The zero-order chi connectivity index (χ0) is 19.9. The van der Waals surface area contributed by atoms with Crippen molar-refractivity contribution in [3.63, 3.8) is 0 Å². The molecule has 2 aromatic carbocycles. The van der Waals surface area contributed by atoms with E-state index in [4.69, 9.17) is 9.15 Å². The molecule has 3 aromatic rings. The number of halogens is 1. The number of esters is 1. The van der Waals surface area contributed by atoms with Gasteiger partial charge in [-0.05, 0) is 73.7 Å². The SMILES string of the molecule is CCOC(=O)c1ccc(NC(=O)C=Cc2ccc(-c3ccc(F)cc3)o2)cc1. The number of hydrogen-bond donors (Lipinski definition) is 1. The monoisotopic (exact) mass is 379 g/mol. The summed E-state index contributed by atoms with van der Waals surface area (Å²) < 4.78 is 23.5. The average molecular weight is 379 g/mol. The first-order chi connectivity index (χ1) is 13.5. The van der Waals surface area contributed by atoms with Crippen molar-refractivity contribution >= 4 is 23.6 Å². The van der Waals surface area contributed by atoms with E-state index in [1.54, 1.807) is 55.5 Å². The number of ether oxygens (including phenoxy) is 1. The highest BCUT2D eigenvalue weighted by atomic mass is 19.1. The molecule has 142 valence electrons. The Hall–Kier alpha value is -3.67. The third-order valence-electron chi connectivity index (χ3n) is 3.82. The van der Waals surface area contributed by atoms with E-state index in [1.807, 2.05) is 0 Å². The molecule has 1 heterocycles. The van der Waals surface area contributed by atoms with Gasteiger partial charge in [0.05, 0.1) is 12.2 Å². The normalized spacial score (nSPS) is 10.8. The maximum atomic E-state index is 13.0. The number of hydrogen-bond acceptors (Lipinski definition) is 4. The molecule has 3 rings (SSSR count). The molecule has 0 spiro atoms. The van der Waals surface area contributed by atoms with Crippen LogP contribution in [0.1, 0.15) is 23.0 Å². The zero-order valence-electron chi connectivity index (χ0n) is 15.1. The van der Waals surface area contributed by atoms with Gasteiger partial charge >= 0.3 is 5.97 Å². The second-order valence-electron chi connectivity index (χ2n) is 5.83. The van der Waals surface area contributed by atoms with Crippen molar-refractivity contribution in [1.29, 1.82) is 0 Å². The summed E-state index contributed by atoms with van der Waals surface area (Å²) in [5.74, 6) is 0.00259. The molecule has 6 heteroatoms. The Kier molecular flexibility index (Phi) is 6.01. The molecule has 0 saturated heterocycles. The molecule has 1 N–H and O–H groups in total. The highest BCUT2D eigenvalue weighted by molar-refractivity contribution is 6.02. The number of rotatable bonds is 6. The minimum atomic E-state index is -0.407. The molecule has 1 aromatic heterocycles. The topological polar surface area (TPSA) is 68.5 Å². The predicted octanol–water partition coefficient (Wildman–Crippen LogP) is 4.91. The van der Waals surface area contributed by atoms with Gasteiger partial charge in [0.15, 0.2) is 0 Å². The fourth-order valence-electron chi connectivity index (χ4n) is 2.46. The van der Waals surface area contributed by atoms with E-state index in [0.29, 0.717) is 29.4 Å². The Labute approximate surface area is 161 Å². The van der Waals surface area contributed by atoms with Crippen LogP contribution in [-0.4, -0.2) is 18.5 Å². The zero-order valence-corrected chi connectivity index (χ0v) is 15.1. The molecule has 0 aliphatic rings. The van der Waals surface area contributed by atoms with Gasteiger partial charge in [-0.1, -0.05) is 0 Å². The van der Waals surface area contributed by atoms with Gasteiger partial charge in [-0.15, -0.1) is 0 Å². The minimum Gasteiger partial charge on any atom is -0.462 e. The smallest absolute Gasteiger partial charge is 0.338 e. The summed E-state index contributed by atoms with van der Waals surface area (Å²) in [6.45, 7) is 2.04. The Balaban J connectivity index is 1.59. The van der Waals surface area contributed by atoms with Crippen LogP contribution in [0.5, 0.6) is 0 Å². The van der Waals surface area contributed by atoms with Gasteiger partial charge in [-0.25, -0.2) is 9.18 Å². The van der Waals surface area contributed by atoms with Gasteiger partial charge in [-0.3, -0.25) is 4.79 Å². The molecule has 0 aliphatic carbocycles. The Morgan fingerprint density at radius 3 is 2.43 bits per heavy atom. The third-order valence-corrected chi connectivity index (χ3v) is 3.82. The van der Waals surface area contributed by atoms with Crippen LogP contribution >= 0.6 is 0 Å². The van der Waals surface area contributed by atoms with E-state index >= 15 is 0 Å². The highest BCUT2D eigenvalue weighted by Gasteiger charge is 2.07. The third kappa shape index (κ3) is 4.94. The van der Waals surface area contributed by atoms with Crippen LogP contribution in [0.25, 0.3) is 17.4 Å². The van der Waals surface area contributed by atoms with E-state index in [2.05, 4.69) is 5.32 Å².